The third-order valence-electron chi connectivity index (χ3n) is 2.24. The predicted molar refractivity (Wildman–Crippen MR) is 65.9 cm³/mol. The van der Waals surface area contributed by atoms with E-state index in [-0.39, 0.29) is 20.1 Å². The van der Waals surface area contributed by atoms with E-state index in [1.165, 1.54) is 12.1 Å². The molecule has 18 heavy (non-hydrogen) atoms. The second-order valence-electron chi connectivity index (χ2n) is 3.39. The molecule has 0 atom stereocenters. The largest absolute Gasteiger partial charge is 0.205 e. The lowest BCUT2D eigenvalue weighted by Gasteiger charge is -2.07. The number of rotatable bonds is 1. The van der Waals surface area contributed by atoms with Gasteiger partial charge in [-0.1, -0.05) is 0 Å². The van der Waals surface area contributed by atoms with Crippen molar-refractivity contribution in [1.29, 1.82) is 0 Å². The first kappa shape index (κ1) is 13.5. The summed E-state index contributed by atoms with van der Waals surface area (Å²) in [5, 5.41) is 0. The van der Waals surface area contributed by atoms with Crippen molar-refractivity contribution in [3.63, 3.8) is 0 Å². The number of hydrogen-bond acceptors (Lipinski definition) is 0. The Bertz CT molecular complexity index is 603. The zero-order valence-electron chi connectivity index (χ0n) is 8.50. The van der Waals surface area contributed by atoms with Gasteiger partial charge in [0.1, 0.15) is 0 Å². The molecule has 0 N–H and O–H groups in total. The number of benzene rings is 2. The summed E-state index contributed by atoms with van der Waals surface area (Å²) in [6.07, 6.45) is 0. The van der Waals surface area contributed by atoms with Gasteiger partial charge in [-0.15, -0.1) is 0 Å². The number of halogens is 6. The highest BCUT2D eigenvalue weighted by Crippen LogP contribution is 2.32. The van der Waals surface area contributed by atoms with E-state index in [0.717, 1.165) is 0 Å². The van der Waals surface area contributed by atoms with E-state index in [9.17, 15) is 17.6 Å². The minimum atomic E-state index is -1.58. The molecule has 2 aromatic carbocycles. The first-order valence-electron chi connectivity index (χ1n) is 4.62. The molecule has 1 radical (unpaired) electrons. The standard InChI is InChI=1S/C12H3Br2F4/c13-7-3-5(4-8(14)11(7)17)6-1-2-9(15)12(18)10(6)16/h2-4H. The molecule has 0 aliphatic carbocycles. The van der Waals surface area contributed by atoms with Crippen LogP contribution in [0.3, 0.4) is 0 Å². The highest BCUT2D eigenvalue weighted by molar-refractivity contribution is 9.11. The maximum atomic E-state index is 13.5. The predicted octanol–water partition coefficient (Wildman–Crippen LogP) is 5.24. The maximum absolute atomic E-state index is 13.5. The fraction of sp³-hybridized carbons (Fsp3) is 0. The lowest BCUT2D eigenvalue weighted by molar-refractivity contribution is 0.448. The summed E-state index contributed by atoms with van der Waals surface area (Å²) < 4.78 is 52.9. The molecule has 0 amide bonds. The van der Waals surface area contributed by atoms with Gasteiger partial charge < -0.3 is 0 Å². The van der Waals surface area contributed by atoms with Gasteiger partial charge in [0, 0.05) is 5.56 Å². The molecule has 0 heterocycles. The third-order valence-corrected chi connectivity index (χ3v) is 3.39. The van der Waals surface area contributed by atoms with Crippen LogP contribution < -0.4 is 0 Å². The molecular formula is C12H3Br2F4. The van der Waals surface area contributed by atoms with Crippen molar-refractivity contribution in [2.45, 2.75) is 0 Å². The van der Waals surface area contributed by atoms with E-state index in [2.05, 4.69) is 37.9 Å². The van der Waals surface area contributed by atoms with Crippen LogP contribution in [0, 0.1) is 29.3 Å². The van der Waals surface area contributed by atoms with Gasteiger partial charge in [0.2, 0.25) is 0 Å². The smallest absolute Gasteiger partial charge is 0.195 e. The lowest BCUT2D eigenvalue weighted by atomic mass is 10.0. The van der Waals surface area contributed by atoms with E-state index < -0.39 is 23.3 Å². The van der Waals surface area contributed by atoms with Crippen LogP contribution >= 0.6 is 31.9 Å². The Kier molecular flexibility index (Phi) is 3.77. The summed E-state index contributed by atoms with van der Waals surface area (Å²) in [4.78, 5) is 0. The molecule has 2 aromatic rings. The molecular weight excluding hydrogens is 380 g/mol. The highest BCUT2D eigenvalue weighted by Gasteiger charge is 2.17. The molecule has 0 fully saturated rings. The lowest BCUT2D eigenvalue weighted by Crippen LogP contribution is -1.95. The zero-order valence-corrected chi connectivity index (χ0v) is 11.7. The zero-order chi connectivity index (χ0) is 13.4. The average Bonchev–Trinajstić information content (AvgIpc) is 2.33. The topological polar surface area (TPSA) is 0 Å². The molecule has 0 spiro atoms. The van der Waals surface area contributed by atoms with Crippen LogP contribution in [0.5, 0.6) is 0 Å². The van der Waals surface area contributed by atoms with Crippen LogP contribution in [-0.2, 0) is 0 Å². The molecule has 0 bridgehead atoms. The molecule has 0 aliphatic rings. The summed E-state index contributed by atoms with van der Waals surface area (Å²) in [5.74, 6) is -4.83. The second kappa shape index (κ2) is 5.01. The summed E-state index contributed by atoms with van der Waals surface area (Å²) in [6.45, 7) is 0. The Morgan fingerprint density at radius 1 is 0.833 bits per heavy atom. The monoisotopic (exact) mass is 381 g/mol. The van der Waals surface area contributed by atoms with Crippen molar-refractivity contribution in [2.75, 3.05) is 0 Å². The van der Waals surface area contributed by atoms with Crippen LogP contribution in [0.15, 0.2) is 27.1 Å². The molecule has 2 rings (SSSR count). The van der Waals surface area contributed by atoms with Crippen LogP contribution in [0.2, 0.25) is 0 Å². The quantitative estimate of drug-likeness (QED) is 0.467. The molecule has 0 saturated heterocycles. The fourth-order valence-electron chi connectivity index (χ4n) is 1.39. The van der Waals surface area contributed by atoms with Gasteiger partial charge in [-0.2, -0.15) is 0 Å². The van der Waals surface area contributed by atoms with Crippen molar-refractivity contribution in [1.82, 2.24) is 0 Å². The average molecular weight is 383 g/mol. The second-order valence-corrected chi connectivity index (χ2v) is 5.10. The first-order valence-corrected chi connectivity index (χ1v) is 6.20. The van der Waals surface area contributed by atoms with E-state index in [1.807, 2.05) is 0 Å². The Morgan fingerprint density at radius 3 is 1.94 bits per heavy atom. The van der Waals surface area contributed by atoms with Crippen molar-refractivity contribution < 1.29 is 17.6 Å². The summed E-state index contributed by atoms with van der Waals surface area (Å²) in [5.41, 5.74) is -0.0955. The summed E-state index contributed by atoms with van der Waals surface area (Å²) in [7, 11) is 0. The Hall–Kier alpha value is -0.880. The van der Waals surface area contributed by atoms with Crippen LogP contribution in [0.4, 0.5) is 17.6 Å². The van der Waals surface area contributed by atoms with Gasteiger partial charge in [-0.3, -0.25) is 0 Å². The highest BCUT2D eigenvalue weighted by atomic mass is 79.9. The van der Waals surface area contributed by atoms with E-state index >= 15 is 0 Å². The molecule has 6 heteroatoms. The van der Waals surface area contributed by atoms with Gasteiger partial charge in [0.05, 0.1) is 8.95 Å². The molecule has 0 aromatic heterocycles. The summed E-state index contributed by atoms with van der Waals surface area (Å²) in [6, 6.07) is 5.49. The van der Waals surface area contributed by atoms with Crippen LogP contribution in [0.25, 0.3) is 11.1 Å². The SMILES string of the molecule is Fc1c[c]c(-c2cc(Br)c(F)c(Br)c2)c(F)c1F. The fourth-order valence-corrected chi connectivity index (χ4v) is 2.57. The van der Waals surface area contributed by atoms with Gasteiger partial charge in [-0.05, 0) is 61.7 Å². The Labute approximate surface area is 117 Å². The molecule has 93 valence electrons. The number of hydrogen-bond donors (Lipinski definition) is 0. The molecule has 0 saturated carbocycles. The Morgan fingerprint density at radius 2 is 1.39 bits per heavy atom. The van der Waals surface area contributed by atoms with Crippen LogP contribution in [0.1, 0.15) is 0 Å². The Balaban J connectivity index is 2.67. The third kappa shape index (κ3) is 2.31. The van der Waals surface area contributed by atoms with E-state index in [4.69, 9.17) is 0 Å². The first-order chi connectivity index (χ1) is 8.41. The van der Waals surface area contributed by atoms with E-state index in [0.29, 0.717) is 6.07 Å². The normalized spacial score (nSPS) is 10.8. The van der Waals surface area contributed by atoms with Crippen LogP contribution in [-0.4, -0.2) is 0 Å². The van der Waals surface area contributed by atoms with E-state index in [1.54, 1.807) is 0 Å². The van der Waals surface area contributed by atoms with Crippen molar-refractivity contribution in [2.24, 2.45) is 0 Å². The van der Waals surface area contributed by atoms with Gasteiger partial charge in [0.15, 0.2) is 23.3 Å². The minimum Gasteiger partial charge on any atom is -0.205 e. The van der Waals surface area contributed by atoms with Crippen molar-refractivity contribution >= 4 is 31.9 Å². The molecule has 0 nitrogen and oxygen atoms in total. The molecule has 0 unspecified atom stereocenters. The maximum Gasteiger partial charge on any atom is 0.195 e. The van der Waals surface area contributed by atoms with Crippen molar-refractivity contribution in [3.05, 3.63) is 56.5 Å². The van der Waals surface area contributed by atoms with Crippen molar-refractivity contribution in [3.8, 4) is 11.1 Å². The summed E-state index contributed by atoms with van der Waals surface area (Å²) >= 11 is 5.89. The van der Waals surface area contributed by atoms with Gasteiger partial charge in [-0.25, -0.2) is 17.6 Å². The minimum absolute atomic E-state index is 0.0735. The van der Waals surface area contributed by atoms with Gasteiger partial charge in [0.25, 0.3) is 0 Å². The molecule has 0 aliphatic heterocycles. The van der Waals surface area contributed by atoms with Gasteiger partial charge >= 0.3 is 0 Å².